The molecule has 1 aromatic rings. The molecular formula is C26H36F3N3O5. The highest BCUT2D eigenvalue weighted by Gasteiger charge is 2.39. The summed E-state index contributed by atoms with van der Waals surface area (Å²) in [5, 5.41) is 14.5. The van der Waals surface area contributed by atoms with Crippen LogP contribution in [-0.4, -0.2) is 71.0 Å². The van der Waals surface area contributed by atoms with Gasteiger partial charge in [-0.2, -0.15) is 13.2 Å². The Bertz CT molecular complexity index is 910. The minimum atomic E-state index is -4.97. The quantitative estimate of drug-likeness (QED) is 0.302. The number of carbonyl (C=O) groups is 4. The van der Waals surface area contributed by atoms with Crippen LogP contribution >= 0.6 is 0 Å². The van der Waals surface area contributed by atoms with Gasteiger partial charge in [0.2, 0.25) is 5.91 Å². The van der Waals surface area contributed by atoms with Gasteiger partial charge in [0.15, 0.2) is 0 Å². The predicted octanol–water partition coefficient (Wildman–Crippen LogP) is 3.24. The molecule has 3 atom stereocenters. The van der Waals surface area contributed by atoms with Crippen molar-refractivity contribution in [1.82, 2.24) is 15.5 Å². The molecule has 11 heteroatoms. The Morgan fingerprint density at radius 1 is 1.08 bits per heavy atom. The summed E-state index contributed by atoms with van der Waals surface area (Å²) >= 11 is 0. The van der Waals surface area contributed by atoms with Gasteiger partial charge in [-0.25, -0.2) is 4.79 Å². The van der Waals surface area contributed by atoms with Gasteiger partial charge in [0.05, 0.1) is 12.1 Å². The van der Waals surface area contributed by atoms with Crippen molar-refractivity contribution in [3.05, 3.63) is 35.9 Å². The summed E-state index contributed by atoms with van der Waals surface area (Å²) in [5.41, 5.74) is 1.03. The zero-order valence-electron chi connectivity index (χ0n) is 21.1. The van der Waals surface area contributed by atoms with Crippen molar-refractivity contribution < 1.29 is 37.5 Å². The number of Topliss-reactive ketones (excluding diaryl/α,β-unsaturated/α-hetero) is 1. The molecule has 1 aromatic carbocycles. The highest BCUT2D eigenvalue weighted by atomic mass is 19.4. The Labute approximate surface area is 215 Å². The number of likely N-dealkylation sites (tertiary alicyclic amines) is 1. The summed E-state index contributed by atoms with van der Waals surface area (Å²) in [5.74, 6) is -3.60. The molecular weight excluding hydrogens is 491 g/mol. The third-order valence-corrected chi connectivity index (χ3v) is 6.43. The van der Waals surface area contributed by atoms with Crippen molar-refractivity contribution in [2.24, 2.45) is 0 Å². The van der Waals surface area contributed by atoms with E-state index in [-0.39, 0.29) is 31.7 Å². The summed E-state index contributed by atoms with van der Waals surface area (Å²) in [6.45, 7) is 1.95. The van der Waals surface area contributed by atoms with Gasteiger partial charge in [-0.05, 0) is 56.9 Å². The molecule has 0 saturated carbocycles. The lowest BCUT2D eigenvalue weighted by molar-refractivity contribution is -0.173. The first-order valence-corrected chi connectivity index (χ1v) is 12.8. The molecule has 8 nitrogen and oxygen atoms in total. The number of halogens is 3. The third kappa shape index (κ3) is 9.79. The predicted molar refractivity (Wildman–Crippen MR) is 131 cm³/mol. The van der Waals surface area contributed by atoms with Crippen molar-refractivity contribution in [3.8, 4) is 0 Å². The number of nitrogens with zero attached hydrogens (tertiary/aromatic N) is 1. The molecule has 0 spiro atoms. The molecule has 0 radical (unpaired) electrons. The molecule has 2 rings (SSSR count). The Morgan fingerprint density at radius 2 is 1.78 bits per heavy atom. The molecule has 1 fully saturated rings. The topological polar surface area (TPSA) is 116 Å². The number of carbonyl (C=O) groups excluding carboxylic acids is 3. The van der Waals surface area contributed by atoms with E-state index in [1.165, 1.54) is 4.90 Å². The van der Waals surface area contributed by atoms with Crippen molar-refractivity contribution in [3.63, 3.8) is 0 Å². The van der Waals surface area contributed by atoms with Crippen LogP contribution in [0.5, 0.6) is 0 Å². The van der Waals surface area contributed by atoms with Crippen molar-refractivity contribution in [2.75, 3.05) is 13.1 Å². The number of nitrogens with one attached hydrogen (secondary N) is 2. The Morgan fingerprint density at radius 3 is 2.41 bits per heavy atom. The first kappa shape index (κ1) is 30.3. The first-order chi connectivity index (χ1) is 17.5. The number of amides is 2. The second kappa shape index (κ2) is 14.7. The number of benzene rings is 1. The van der Waals surface area contributed by atoms with E-state index >= 15 is 0 Å². The van der Waals surface area contributed by atoms with E-state index < -0.39 is 42.1 Å². The summed E-state index contributed by atoms with van der Waals surface area (Å²) in [6, 6.07) is 7.12. The SMILES string of the molecule is CCCC(=O)[C@@H](CCc1ccccc1)N[C@@H](CCCCNC(=O)C(F)(F)F)C(=O)N1CCC[C@@H]1C(=O)O. The zero-order valence-corrected chi connectivity index (χ0v) is 21.1. The van der Waals surface area contributed by atoms with Crippen LogP contribution in [0.2, 0.25) is 0 Å². The van der Waals surface area contributed by atoms with E-state index in [1.54, 1.807) is 5.32 Å². The second-order valence-corrected chi connectivity index (χ2v) is 9.29. The lowest BCUT2D eigenvalue weighted by Crippen LogP contribution is -2.54. The number of aliphatic carboxylic acids is 1. The van der Waals surface area contributed by atoms with Crippen molar-refractivity contribution in [1.29, 1.82) is 0 Å². The number of rotatable bonds is 15. The molecule has 0 aromatic heterocycles. The molecule has 37 heavy (non-hydrogen) atoms. The number of carboxylic acid groups (broad SMARTS) is 1. The van der Waals surface area contributed by atoms with Crippen LogP contribution in [0.15, 0.2) is 30.3 Å². The average molecular weight is 528 g/mol. The Balaban J connectivity index is 2.11. The minimum Gasteiger partial charge on any atom is -0.480 e. The van der Waals surface area contributed by atoms with Crippen LogP contribution in [0, 0.1) is 0 Å². The van der Waals surface area contributed by atoms with Crippen molar-refractivity contribution >= 4 is 23.6 Å². The van der Waals surface area contributed by atoms with Crippen molar-refractivity contribution in [2.45, 2.75) is 89.0 Å². The van der Waals surface area contributed by atoms with E-state index in [9.17, 15) is 37.5 Å². The highest BCUT2D eigenvalue weighted by Crippen LogP contribution is 2.21. The van der Waals surface area contributed by atoms with Gasteiger partial charge in [0, 0.05) is 19.5 Å². The van der Waals surface area contributed by atoms with Crippen LogP contribution in [0.1, 0.15) is 63.9 Å². The summed E-state index contributed by atoms with van der Waals surface area (Å²) < 4.78 is 37.2. The largest absolute Gasteiger partial charge is 0.480 e. The number of carboxylic acids is 1. The fraction of sp³-hybridized carbons (Fsp3) is 0.615. The third-order valence-electron chi connectivity index (χ3n) is 6.43. The second-order valence-electron chi connectivity index (χ2n) is 9.29. The number of hydrogen-bond donors (Lipinski definition) is 3. The van der Waals surface area contributed by atoms with Gasteiger partial charge < -0.3 is 15.3 Å². The van der Waals surface area contributed by atoms with E-state index in [1.807, 2.05) is 37.3 Å². The van der Waals surface area contributed by atoms with Gasteiger partial charge in [-0.1, -0.05) is 37.3 Å². The molecule has 3 N–H and O–H groups in total. The maximum Gasteiger partial charge on any atom is 0.471 e. The van der Waals surface area contributed by atoms with Gasteiger partial charge >= 0.3 is 18.1 Å². The minimum absolute atomic E-state index is 0.0510. The smallest absolute Gasteiger partial charge is 0.471 e. The van der Waals surface area contributed by atoms with Crippen LogP contribution in [0.3, 0.4) is 0 Å². The number of aryl methyl sites for hydroxylation is 1. The normalized spacial score (nSPS) is 17.3. The number of ketones is 1. The fourth-order valence-corrected chi connectivity index (χ4v) is 4.50. The maximum absolute atomic E-state index is 13.4. The van der Waals surface area contributed by atoms with Gasteiger partial charge in [-0.15, -0.1) is 0 Å². The van der Waals surface area contributed by atoms with E-state index in [2.05, 4.69) is 5.32 Å². The Hall–Kier alpha value is -2.95. The summed E-state index contributed by atoms with van der Waals surface area (Å²) in [7, 11) is 0. The molecule has 0 aliphatic carbocycles. The lowest BCUT2D eigenvalue weighted by Gasteiger charge is -2.30. The zero-order chi connectivity index (χ0) is 27.4. The molecule has 0 unspecified atom stereocenters. The summed E-state index contributed by atoms with van der Waals surface area (Å²) in [4.78, 5) is 50.3. The van der Waals surface area contributed by atoms with Gasteiger partial charge in [-0.3, -0.25) is 19.7 Å². The number of unbranched alkanes of at least 4 members (excludes halogenated alkanes) is 1. The molecule has 206 valence electrons. The standard InChI is InChI=1S/C26H36F3N3O5/c1-2-9-22(33)19(15-14-18-10-4-3-5-11-18)31-20(12-6-7-16-30-25(37)26(27,28)29)23(34)32-17-8-13-21(32)24(35)36/h3-5,10-11,19-21,31H,2,6-9,12-17H2,1H3,(H,30,37)(H,35,36)/t19-,20+,21-/m1/s1. The molecule has 0 bridgehead atoms. The number of alkyl halides is 3. The van der Waals surface area contributed by atoms with Gasteiger partial charge in [0.25, 0.3) is 0 Å². The summed E-state index contributed by atoms with van der Waals surface area (Å²) in [6.07, 6.45) is -1.43. The number of hydrogen-bond acceptors (Lipinski definition) is 5. The monoisotopic (exact) mass is 527 g/mol. The maximum atomic E-state index is 13.4. The van der Waals surface area contributed by atoms with E-state index in [0.29, 0.717) is 44.9 Å². The molecule has 2 amide bonds. The van der Waals surface area contributed by atoms with Crippen LogP contribution < -0.4 is 10.6 Å². The fourth-order valence-electron chi connectivity index (χ4n) is 4.50. The molecule has 1 saturated heterocycles. The van der Waals surface area contributed by atoms with Crippen LogP contribution in [0.25, 0.3) is 0 Å². The van der Waals surface area contributed by atoms with Crippen LogP contribution in [0.4, 0.5) is 13.2 Å². The van der Waals surface area contributed by atoms with E-state index in [0.717, 1.165) is 5.56 Å². The van der Waals surface area contributed by atoms with E-state index in [4.69, 9.17) is 0 Å². The molecule has 1 aliphatic rings. The highest BCUT2D eigenvalue weighted by molar-refractivity contribution is 5.89. The van der Waals surface area contributed by atoms with Crippen LogP contribution in [-0.2, 0) is 25.6 Å². The Kier molecular flexibility index (Phi) is 12.0. The molecule has 1 aliphatic heterocycles. The first-order valence-electron chi connectivity index (χ1n) is 12.8. The van der Waals surface area contributed by atoms with Gasteiger partial charge in [0.1, 0.15) is 11.8 Å². The lowest BCUT2D eigenvalue weighted by atomic mass is 9.97. The molecule has 1 heterocycles. The average Bonchev–Trinajstić information content (AvgIpc) is 3.35.